The molecule has 0 aliphatic rings. The summed E-state index contributed by atoms with van der Waals surface area (Å²) in [6.45, 7) is 1.99. The second-order valence-corrected chi connectivity index (χ2v) is 3.51. The van der Waals surface area contributed by atoms with Gasteiger partial charge >= 0.3 is 0 Å². The highest BCUT2D eigenvalue weighted by atomic mass is 35.5. The third-order valence-electron chi connectivity index (χ3n) is 2.04. The molecular weight excluding hydrogens is 208 g/mol. The zero-order valence-corrected chi connectivity index (χ0v) is 9.17. The van der Waals surface area contributed by atoms with Gasteiger partial charge in [-0.05, 0) is 24.6 Å². The molecule has 0 aliphatic carbocycles. The summed E-state index contributed by atoms with van der Waals surface area (Å²) < 4.78 is 0. The van der Waals surface area contributed by atoms with Crippen LogP contribution < -0.4 is 5.32 Å². The van der Waals surface area contributed by atoms with Gasteiger partial charge in [0.25, 0.3) is 0 Å². The molecule has 3 heteroatoms. The smallest absolute Gasteiger partial charge is 0.101 e. The number of halogens is 1. The van der Waals surface area contributed by atoms with E-state index in [-0.39, 0.29) is 6.04 Å². The molecule has 2 nitrogen and oxygen atoms in total. The highest BCUT2D eigenvalue weighted by molar-refractivity contribution is 6.30. The van der Waals surface area contributed by atoms with E-state index >= 15 is 0 Å². The normalized spacial score (nSPS) is 11.2. The summed E-state index contributed by atoms with van der Waals surface area (Å²) in [5.74, 6) is 2.61. The summed E-state index contributed by atoms with van der Waals surface area (Å²) in [5, 5.41) is 12.6. The predicted molar refractivity (Wildman–Crippen MR) is 62.7 cm³/mol. The van der Waals surface area contributed by atoms with Crippen LogP contribution in [0.15, 0.2) is 18.2 Å². The Hall–Kier alpha value is -1.64. The highest BCUT2D eigenvalue weighted by Crippen LogP contribution is 2.20. The molecule has 0 heterocycles. The van der Waals surface area contributed by atoms with Gasteiger partial charge in [0.1, 0.15) is 6.07 Å². The zero-order valence-electron chi connectivity index (χ0n) is 8.42. The Kier molecular flexibility index (Phi) is 4.03. The Morgan fingerprint density at radius 1 is 1.60 bits per heavy atom. The minimum absolute atomic E-state index is 0.0572. The molecule has 0 spiro atoms. The quantitative estimate of drug-likeness (QED) is 0.792. The monoisotopic (exact) mass is 218 g/mol. The number of hydrogen-bond acceptors (Lipinski definition) is 2. The predicted octanol–water partition coefficient (Wildman–Crippen LogP) is 3.04. The average molecular weight is 219 g/mol. The topological polar surface area (TPSA) is 35.8 Å². The lowest BCUT2D eigenvalue weighted by Crippen LogP contribution is -2.16. The van der Waals surface area contributed by atoms with Crippen molar-refractivity contribution < 1.29 is 0 Å². The van der Waals surface area contributed by atoms with E-state index in [2.05, 4.69) is 17.3 Å². The molecule has 0 bridgehead atoms. The number of terminal acetylenes is 1. The maximum absolute atomic E-state index is 8.90. The average Bonchev–Trinajstić information content (AvgIpc) is 2.27. The van der Waals surface area contributed by atoms with Crippen molar-refractivity contribution in [2.24, 2.45) is 0 Å². The molecule has 0 radical (unpaired) electrons. The first kappa shape index (κ1) is 11.4. The minimum Gasteiger partial charge on any atom is -0.370 e. The Morgan fingerprint density at radius 3 is 2.87 bits per heavy atom. The van der Waals surface area contributed by atoms with Crippen molar-refractivity contribution in [3.63, 3.8) is 0 Å². The largest absolute Gasteiger partial charge is 0.370 e. The molecular formula is C12H11ClN2. The van der Waals surface area contributed by atoms with Crippen molar-refractivity contribution in [1.29, 1.82) is 5.26 Å². The van der Waals surface area contributed by atoms with Crippen LogP contribution in [0.2, 0.25) is 5.02 Å². The molecule has 1 unspecified atom stereocenters. The fraction of sp³-hybridized carbons (Fsp3) is 0.250. The molecule has 0 saturated carbocycles. The van der Waals surface area contributed by atoms with Gasteiger partial charge in [0.2, 0.25) is 0 Å². The SMILES string of the molecule is C#CC(CC)Nc1ccc(Cl)cc1C#N. The van der Waals surface area contributed by atoms with Crippen molar-refractivity contribution in [3.8, 4) is 18.4 Å². The molecule has 0 aliphatic heterocycles. The van der Waals surface area contributed by atoms with Crippen molar-refractivity contribution in [3.05, 3.63) is 28.8 Å². The lowest BCUT2D eigenvalue weighted by atomic mass is 10.1. The highest BCUT2D eigenvalue weighted by Gasteiger charge is 2.06. The maximum Gasteiger partial charge on any atom is 0.101 e. The van der Waals surface area contributed by atoms with Crippen LogP contribution in [-0.4, -0.2) is 6.04 Å². The van der Waals surface area contributed by atoms with E-state index in [4.69, 9.17) is 23.3 Å². The molecule has 15 heavy (non-hydrogen) atoms. The van der Waals surface area contributed by atoms with Crippen LogP contribution in [0.25, 0.3) is 0 Å². The number of anilines is 1. The third-order valence-corrected chi connectivity index (χ3v) is 2.28. The summed E-state index contributed by atoms with van der Waals surface area (Å²) in [4.78, 5) is 0. The van der Waals surface area contributed by atoms with E-state index < -0.39 is 0 Å². The summed E-state index contributed by atoms with van der Waals surface area (Å²) in [7, 11) is 0. The molecule has 1 atom stereocenters. The molecule has 0 saturated heterocycles. The molecule has 0 fully saturated rings. The fourth-order valence-corrected chi connectivity index (χ4v) is 1.36. The van der Waals surface area contributed by atoms with Crippen molar-refractivity contribution in [2.75, 3.05) is 5.32 Å². The van der Waals surface area contributed by atoms with E-state index in [1.165, 1.54) is 0 Å². The molecule has 0 amide bonds. The minimum atomic E-state index is -0.0572. The number of nitriles is 1. The summed E-state index contributed by atoms with van der Waals surface area (Å²) in [6, 6.07) is 7.13. The number of nitrogens with zero attached hydrogens (tertiary/aromatic N) is 1. The summed E-state index contributed by atoms with van der Waals surface area (Å²) >= 11 is 5.78. The lowest BCUT2D eigenvalue weighted by Gasteiger charge is -2.13. The number of nitrogens with one attached hydrogen (secondary N) is 1. The third kappa shape index (κ3) is 2.91. The number of hydrogen-bond donors (Lipinski definition) is 1. The summed E-state index contributed by atoms with van der Waals surface area (Å²) in [5.41, 5.74) is 1.24. The van der Waals surface area contributed by atoms with Crippen LogP contribution in [0.5, 0.6) is 0 Å². The standard InChI is InChI=1S/C12H11ClN2/c1-3-11(4-2)15-12-6-5-10(13)7-9(12)8-14/h1,5-7,11,15H,4H2,2H3. The second-order valence-electron chi connectivity index (χ2n) is 3.07. The van der Waals surface area contributed by atoms with Gasteiger partial charge in [-0.3, -0.25) is 0 Å². The lowest BCUT2D eigenvalue weighted by molar-refractivity contribution is 0.857. The van der Waals surface area contributed by atoms with E-state index in [0.29, 0.717) is 10.6 Å². The van der Waals surface area contributed by atoms with Crippen LogP contribution in [0, 0.1) is 23.7 Å². The number of rotatable bonds is 3. The first-order valence-corrected chi connectivity index (χ1v) is 5.01. The van der Waals surface area contributed by atoms with Gasteiger partial charge in [0.15, 0.2) is 0 Å². The first-order chi connectivity index (χ1) is 7.21. The molecule has 1 N–H and O–H groups in total. The maximum atomic E-state index is 8.90. The van der Waals surface area contributed by atoms with E-state index in [1.54, 1.807) is 18.2 Å². The van der Waals surface area contributed by atoms with Gasteiger partial charge in [0.05, 0.1) is 17.3 Å². The van der Waals surface area contributed by atoms with Gasteiger partial charge in [-0.2, -0.15) is 5.26 Å². The molecule has 1 rings (SSSR count). The van der Waals surface area contributed by atoms with Crippen LogP contribution >= 0.6 is 11.6 Å². The van der Waals surface area contributed by atoms with E-state index in [0.717, 1.165) is 12.1 Å². The van der Waals surface area contributed by atoms with E-state index in [9.17, 15) is 0 Å². The van der Waals surface area contributed by atoms with Crippen molar-refractivity contribution >= 4 is 17.3 Å². The van der Waals surface area contributed by atoms with Gasteiger partial charge in [-0.25, -0.2) is 0 Å². The fourth-order valence-electron chi connectivity index (χ4n) is 1.18. The number of benzene rings is 1. The molecule has 1 aromatic carbocycles. The van der Waals surface area contributed by atoms with Gasteiger partial charge in [-0.1, -0.05) is 24.4 Å². The molecule has 76 valence electrons. The Morgan fingerprint density at radius 2 is 2.33 bits per heavy atom. The van der Waals surface area contributed by atoms with Crippen molar-refractivity contribution in [1.82, 2.24) is 0 Å². The van der Waals surface area contributed by atoms with Gasteiger partial charge < -0.3 is 5.32 Å². The van der Waals surface area contributed by atoms with Gasteiger partial charge in [-0.15, -0.1) is 6.42 Å². The Balaban J connectivity index is 2.96. The van der Waals surface area contributed by atoms with Crippen molar-refractivity contribution in [2.45, 2.75) is 19.4 Å². The summed E-state index contributed by atoms with van der Waals surface area (Å²) in [6.07, 6.45) is 6.14. The van der Waals surface area contributed by atoms with Crippen LogP contribution in [0.4, 0.5) is 5.69 Å². The Bertz CT molecular complexity index is 426. The van der Waals surface area contributed by atoms with Crippen LogP contribution in [0.3, 0.4) is 0 Å². The van der Waals surface area contributed by atoms with Crippen LogP contribution in [-0.2, 0) is 0 Å². The Labute approximate surface area is 94.9 Å². The first-order valence-electron chi connectivity index (χ1n) is 4.63. The zero-order chi connectivity index (χ0) is 11.3. The van der Waals surface area contributed by atoms with E-state index in [1.807, 2.05) is 6.92 Å². The van der Waals surface area contributed by atoms with Crippen LogP contribution in [0.1, 0.15) is 18.9 Å². The molecule has 1 aromatic rings. The molecule has 0 aromatic heterocycles. The second kappa shape index (κ2) is 5.29. The van der Waals surface area contributed by atoms with Gasteiger partial charge in [0, 0.05) is 5.02 Å².